The number of fused-ring (bicyclic) bond motifs is 1. The second kappa shape index (κ2) is 6.18. The number of carbonyl (C=O) groups is 1. The minimum absolute atomic E-state index is 0.220. The SMILES string of the molecule is CCc1nn2c(CNC(=O)c3cccc(C#N)c3)c(C)nc2s1. The zero-order chi connectivity index (χ0) is 16.4. The van der Waals surface area contributed by atoms with Gasteiger partial charge in [0.25, 0.3) is 5.91 Å². The molecule has 1 aromatic carbocycles. The third-order valence-electron chi connectivity index (χ3n) is 3.51. The molecule has 3 rings (SSSR count). The monoisotopic (exact) mass is 325 g/mol. The fourth-order valence-corrected chi connectivity index (χ4v) is 3.17. The average Bonchev–Trinajstić information content (AvgIpc) is 3.09. The molecule has 0 atom stereocenters. The molecule has 0 aliphatic rings. The number of nitrogens with zero attached hydrogens (tertiary/aromatic N) is 4. The summed E-state index contributed by atoms with van der Waals surface area (Å²) >= 11 is 1.56. The smallest absolute Gasteiger partial charge is 0.251 e. The van der Waals surface area contributed by atoms with E-state index in [9.17, 15) is 4.79 Å². The maximum atomic E-state index is 12.2. The van der Waals surface area contributed by atoms with Crippen LogP contribution < -0.4 is 5.32 Å². The quantitative estimate of drug-likeness (QED) is 0.799. The van der Waals surface area contributed by atoms with Gasteiger partial charge in [0.15, 0.2) is 0 Å². The lowest BCUT2D eigenvalue weighted by Gasteiger charge is -2.05. The van der Waals surface area contributed by atoms with Crippen LogP contribution in [0.25, 0.3) is 4.96 Å². The Labute approximate surface area is 137 Å². The van der Waals surface area contributed by atoms with E-state index in [4.69, 9.17) is 5.26 Å². The van der Waals surface area contributed by atoms with Gasteiger partial charge in [0.1, 0.15) is 5.01 Å². The average molecular weight is 325 g/mol. The first kappa shape index (κ1) is 15.2. The second-order valence-corrected chi connectivity index (χ2v) is 6.10. The van der Waals surface area contributed by atoms with Gasteiger partial charge >= 0.3 is 0 Å². The van der Waals surface area contributed by atoms with E-state index in [1.807, 2.05) is 13.0 Å². The number of amides is 1. The molecule has 1 amide bonds. The molecular formula is C16H15N5OS. The summed E-state index contributed by atoms with van der Waals surface area (Å²) in [5, 5.41) is 17.3. The first-order valence-corrected chi connectivity index (χ1v) is 8.06. The third kappa shape index (κ3) is 2.94. The Morgan fingerprint density at radius 2 is 2.30 bits per heavy atom. The summed E-state index contributed by atoms with van der Waals surface area (Å²) in [5.74, 6) is -0.220. The lowest BCUT2D eigenvalue weighted by molar-refractivity contribution is 0.0950. The molecule has 0 aliphatic heterocycles. The van der Waals surface area contributed by atoms with E-state index in [0.717, 1.165) is 27.8 Å². The summed E-state index contributed by atoms with van der Waals surface area (Å²) in [7, 11) is 0. The number of carbonyl (C=O) groups excluding carboxylic acids is 1. The summed E-state index contributed by atoms with van der Waals surface area (Å²) < 4.78 is 1.80. The van der Waals surface area contributed by atoms with Crippen LogP contribution in [0, 0.1) is 18.3 Å². The summed E-state index contributed by atoms with van der Waals surface area (Å²) in [5.41, 5.74) is 2.67. The van der Waals surface area contributed by atoms with Crippen molar-refractivity contribution in [3.63, 3.8) is 0 Å². The van der Waals surface area contributed by atoms with E-state index in [1.165, 1.54) is 0 Å². The fraction of sp³-hybridized carbons (Fsp3) is 0.250. The first-order valence-electron chi connectivity index (χ1n) is 7.24. The minimum Gasteiger partial charge on any atom is -0.346 e. The number of hydrogen-bond donors (Lipinski definition) is 1. The van der Waals surface area contributed by atoms with Gasteiger partial charge in [-0.2, -0.15) is 10.4 Å². The normalized spacial score (nSPS) is 10.7. The molecule has 2 aromatic heterocycles. The molecule has 0 unspecified atom stereocenters. The van der Waals surface area contributed by atoms with Gasteiger partial charge in [0, 0.05) is 5.56 Å². The van der Waals surface area contributed by atoms with Crippen LogP contribution in [0.3, 0.4) is 0 Å². The van der Waals surface area contributed by atoms with Crippen molar-refractivity contribution in [2.45, 2.75) is 26.8 Å². The van der Waals surface area contributed by atoms with Gasteiger partial charge in [0.2, 0.25) is 4.96 Å². The Bertz CT molecular complexity index is 918. The molecule has 3 aromatic rings. The number of hydrogen-bond acceptors (Lipinski definition) is 5. The molecule has 0 radical (unpaired) electrons. The fourth-order valence-electron chi connectivity index (χ4n) is 2.27. The Morgan fingerprint density at radius 3 is 3.04 bits per heavy atom. The molecule has 1 N–H and O–H groups in total. The zero-order valence-corrected chi connectivity index (χ0v) is 13.6. The van der Waals surface area contributed by atoms with E-state index in [2.05, 4.69) is 22.3 Å². The van der Waals surface area contributed by atoms with Crippen LogP contribution in [0.2, 0.25) is 0 Å². The van der Waals surface area contributed by atoms with E-state index in [1.54, 1.807) is 40.1 Å². The van der Waals surface area contributed by atoms with E-state index in [0.29, 0.717) is 17.7 Å². The standard InChI is InChI=1S/C16H15N5OS/c1-3-14-20-21-13(10(2)19-16(21)23-14)9-18-15(22)12-6-4-5-11(7-12)8-17/h4-7H,3,9H2,1-2H3,(H,18,22). The van der Waals surface area contributed by atoms with Crippen LogP contribution in [0.1, 0.15) is 39.2 Å². The highest BCUT2D eigenvalue weighted by Crippen LogP contribution is 2.19. The molecule has 116 valence electrons. The van der Waals surface area contributed by atoms with Crippen LogP contribution in [0.4, 0.5) is 0 Å². The molecule has 0 spiro atoms. The molecule has 6 nitrogen and oxygen atoms in total. The highest BCUT2D eigenvalue weighted by atomic mass is 32.1. The Balaban J connectivity index is 1.80. The van der Waals surface area contributed by atoms with Crippen LogP contribution in [-0.4, -0.2) is 20.5 Å². The summed E-state index contributed by atoms with van der Waals surface area (Å²) in [6, 6.07) is 8.66. The van der Waals surface area contributed by atoms with Gasteiger partial charge in [-0.25, -0.2) is 9.50 Å². The largest absolute Gasteiger partial charge is 0.346 e. The van der Waals surface area contributed by atoms with Crippen molar-refractivity contribution in [1.29, 1.82) is 5.26 Å². The maximum absolute atomic E-state index is 12.2. The van der Waals surface area contributed by atoms with Crippen molar-refractivity contribution >= 4 is 22.2 Å². The van der Waals surface area contributed by atoms with Crippen molar-refractivity contribution in [1.82, 2.24) is 19.9 Å². The van der Waals surface area contributed by atoms with Gasteiger partial charge in [-0.15, -0.1) is 0 Å². The predicted molar refractivity (Wildman–Crippen MR) is 87.3 cm³/mol. The second-order valence-electron chi connectivity index (χ2n) is 5.06. The van der Waals surface area contributed by atoms with E-state index < -0.39 is 0 Å². The van der Waals surface area contributed by atoms with Crippen LogP contribution >= 0.6 is 11.3 Å². The lowest BCUT2D eigenvalue weighted by Crippen LogP contribution is -2.24. The molecule has 0 saturated heterocycles. The number of rotatable bonds is 4. The first-order chi connectivity index (χ1) is 11.1. The van der Waals surface area contributed by atoms with E-state index >= 15 is 0 Å². The highest BCUT2D eigenvalue weighted by molar-refractivity contribution is 7.16. The van der Waals surface area contributed by atoms with Crippen molar-refractivity contribution in [3.8, 4) is 6.07 Å². The molecule has 23 heavy (non-hydrogen) atoms. The van der Waals surface area contributed by atoms with Crippen LogP contribution in [0.15, 0.2) is 24.3 Å². The molecule has 0 bridgehead atoms. The third-order valence-corrected chi connectivity index (χ3v) is 4.56. The Kier molecular flexibility index (Phi) is 4.08. The molecule has 7 heteroatoms. The maximum Gasteiger partial charge on any atom is 0.251 e. The molecule has 0 saturated carbocycles. The Morgan fingerprint density at radius 1 is 1.48 bits per heavy atom. The highest BCUT2D eigenvalue weighted by Gasteiger charge is 2.14. The summed E-state index contributed by atoms with van der Waals surface area (Å²) in [6.07, 6.45) is 0.861. The van der Waals surface area contributed by atoms with Gasteiger partial charge in [-0.1, -0.05) is 24.3 Å². The van der Waals surface area contributed by atoms with Gasteiger partial charge in [-0.05, 0) is 31.5 Å². The van der Waals surface area contributed by atoms with Crippen molar-refractivity contribution in [2.75, 3.05) is 0 Å². The summed E-state index contributed by atoms with van der Waals surface area (Å²) in [6.45, 7) is 4.30. The lowest BCUT2D eigenvalue weighted by atomic mass is 10.1. The van der Waals surface area contributed by atoms with E-state index in [-0.39, 0.29) is 5.91 Å². The van der Waals surface area contributed by atoms with Crippen LogP contribution in [0.5, 0.6) is 0 Å². The minimum atomic E-state index is -0.220. The molecular weight excluding hydrogens is 310 g/mol. The van der Waals surface area contributed by atoms with Crippen LogP contribution in [-0.2, 0) is 13.0 Å². The van der Waals surface area contributed by atoms with Gasteiger partial charge < -0.3 is 5.32 Å². The predicted octanol–water partition coefficient (Wildman–Crippen LogP) is 2.46. The topological polar surface area (TPSA) is 83.1 Å². The van der Waals surface area contributed by atoms with Crippen molar-refractivity contribution in [2.24, 2.45) is 0 Å². The van der Waals surface area contributed by atoms with Gasteiger partial charge in [-0.3, -0.25) is 4.79 Å². The number of nitriles is 1. The molecule has 0 fully saturated rings. The number of imidazole rings is 1. The number of nitrogens with one attached hydrogen (secondary N) is 1. The number of aromatic nitrogens is 3. The van der Waals surface area contributed by atoms with Crippen molar-refractivity contribution < 1.29 is 4.79 Å². The number of aryl methyl sites for hydroxylation is 2. The Hall–Kier alpha value is -2.72. The van der Waals surface area contributed by atoms with Gasteiger partial charge in [0.05, 0.1) is 29.6 Å². The number of benzene rings is 1. The molecule has 2 heterocycles. The summed E-state index contributed by atoms with van der Waals surface area (Å²) in [4.78, 5) is 17.6. The molecule has 0 aliphatic carbocycles. The van der Waals surface area contributed by atoms with Crippen molar-refractivity contribution in [3.05, 3.63) is 51.8 Å². The zero-order valence-electron chi connectivity index (χ0n) is 12.8.